The van der Waals surface area contributed by atoms with Gasteiger partial charge in [0.15, 0.2) is 0 Å². The standard InChI is InChI=1S/C24H26N2O7/c1-13-11-26(24(30)25-22(13)28)21-10-19(27)20(33-21)12-32-23(29)14(2)15-4-5-17-9-18(31-3)7-6-16(17)8-15/h4-9,11,14,19-21,27H,10,12H2,1-3H3,(H,25,28,30)/t14-,19-,20+,21+/m0/s1. The summed E-state index contributed by atoms with van der Waals surface area (Å²) < 4.78 is 17.7. The van der Waals surface area contributed by atoms with E-state index in [2.05, 4.69) is 4.98 Å². The largest absolute Gasteiger partial charge is 0.497 e. The van der Waals surface area contributed by atoms with Crippen molar-refractivity contribution < 1.29 is 24.1 Å². The minimum absolute atomic E-state index is 0.136. The molecule has 0 spiro atoms. The lowest BCUT2D eigenvalue weighted by atomic mass is 9.98. The summed E-state index contributed by atoms with van der Waals surface area (Å²) in [6.45, 7) is 3.18. The first-order chi connectivity index (χ1) is 15.8. The maximum atomic E-state index is 12.7. The Kier molecular flexibility index (Phi) is 6.35. The number of fused-ring (bicyclic) bond motifs is 1. The van der Waals surface area contributed by atoms with Crippen LogP contribution in [0.5, 0.6) is 5.75 Å². The van der Waals surface area contributed by atoms with Gasteiger partial charge >= 0.3 is 11.7 Å². The summed E-state index contributed by atoms with van der Waals surface area (Å²) in [7, 11) is 1.61. The van der Waals surface area contributed by atoms with Crippen molar-refractivity contribution in [3.63, 3.8) is 0 Å². The second-order valence-corrected chi connectivity index (χ2v) is 8.24. The lowest BCUT2D eigenvalue weighted by molar-refractivity contribution is -0.151. The van der Waals surface area contributed by atoms with Crippen LogP contribution in [0.2, 0.25) is 0 Å². The second kappa shape index (κ2) is 9.21. The number of benzene rings is 2. The van der Waals surface area contributed by atoms with Gasteiger partial charge in [-0.3, -0.25) is 19.1 Å². The second-order valence-electron chi connectivity index (χ2n) is 8.24. The molecule has 9 heteroatoms. The molecule has 3 aromatic rings. The van der Waals surface area contributed by atoms with Crippen LogP contribution in [-0.4, -0.2) is 46.6 Å². The minimum atomic E-state index is -0.923. The number of esters is 1. The molecular weight excluding hydrogens is 428 g/mol. The summed E-state index contributed by atoms with van der Waals surface area (Å²) in [5.41, 5.74) is 0.0639. The van der Waals surface area contributed by atoms with Crippen molar-refractivity contribution in [2.75, 3.05) is 13.7 Å². The number of H-pyrrole nitrogens is 1. The number of nitrogens with one attached hydrogen (secondary N) is 1. The summed E-state index contributed by atoms with van der Waals surface area (Å²) in [6, 6.07) is 11.4. The number of aliphatic hydroxyl groups excluding tert-OH is 1. The van der Waals surface area contributed by atoms with Gasteiger partial charge in [0.05, 0.1) is 19.1 Å². The van der Waals surface area contributed by atoms with Crippen molar-refractivity contribution in [3.05, 3.63) is 74.6 Å². The van der Waals surface area contributed by atoms with E-state index in [9.17, 15) is 19.5 Å². The van der Waals surface area contributed by atoms with Crippen molar-refractivity contribution in [1.29, 1.82) is 0 Å². The highest BCUT2D eigenvalue weighted by Gasteiger charge is 2.36. The fraction of sp³-hybridized carbons (Fsp3) is 0.375. The number of aliphatic hydroxyl groups is 1. The highest BCUT2D eigenvalue weighted by Crippen LogP contribution is 2.29. The summed E-state index contributed by atoms with van der Waals surface area (Å²) in [4.78, 5) is 38.5. The number of carbonyl (C=O) groups excluding carboxylic acids is 1. The van der Waals surface area contributed by atoms with E-state index in [0.717, 1.165) is 22.1 Å². The van der Waals surface area contributed by atoms with E-state index in [1.165, 1.54) is 10.8 Å². The first kappa shape index (κ1) is 22.8. The Morgan fingerprint density at radius 3 is 2.73 bits per heavy atom. The number of hydrogen-bond donors (Lipinski definition) is 2. The number of methoxy groups -OCH3 is 1. The molecule has 0 amide bonds. The zero-order chi connectivity index (χ0) is 23.7. The number of aryl methyl sites for hydroxylation is 1. The third kappa shape index (κ3) is 4.69. The van der Waals surface area contributed by atoms with Crippen LogP contribution in [0.25, 0.3) is 10.8 Å². The van der Waals surface area contributed by atoms with Gasteiger partial charge in [-0.05, 0) is 42.3 Å². The van der Waals surface area contributed by atoms with Gasteiger partial charge in [0.25, 0.3) is 5.56 Å². The predicted octanol–water partition coefficient (Wildman–Crippen LogP) is 2.00. The van der Waals surface area contributed by atoms with Crippen LogP contribution >= 0.6 is 0 Å². The van der Waals surface area contributed by atoms with Crippen LogP contribution in [0, 0.1) is 6.92 Å². The molecule has 1 aliphatic rings. The molecule has 2 N–H and O–H groups in total. The summed E-state index contributed by atoms with van der Waals surface area (Å²) in [6.07, 6.45) is -0.939. The van der Waals surface area contributed by atoms with Gasteiger partial charge in [-0.25, -0.2) is 4.79 Å². The van der Waals surface area contributed by atoms with Crippen LogP contribution in [0.15, 0.2) is 52.2 Å². The molecule has 0 saturated carbocycles. The van der Waals surface area contributed by atoms with Gasteiger partial charge in [-0.2, -0.15) is 0 Å². The van der Waals surface area contributed by atoms with E-state index in [1.54, 1.807) is 21.0 Å². The fourth-order valence-electron chi connectivity index (χ4n) is 3.90. The average Bonchev–Trinajstić information content (AvgIpc) is 3.18. The molecule has 2 aromatic carbocycles. The number of nitrogens with zero attached hydrogens (tertiary/aromatic N) is 1. The van der Waals surface area contributed by atoms with E-state index in [0.29, 0.717) is 5.56 Å². The van der Waals surface area contributed by atoms with Gasteiger partial charge in [0, 0.05) is 18.2 Å². The zero-order valence-electron chi connectivity index (χ0n) is 18.6. The highest BCUT2D eigenvalue weighted by molar-refractivity contribution is 5.86. The third-order valence-electron chi connectivity index (χ3n) is 5.98. The van der Waals surface area contributed by atoms with E-state index in [1.807, 2.05) is 36.4 Å². The molecule has 1 aliphatic heterocycles. The molecule has 1 fully saturated rings. The van der Waals surface area contributed by atoms with Gasteiger partial charge in [0.1, 0.15) is 24.7 Å². The molecule has 2 heterocycles. The maximum absolute atomic E-state index is 12.7. The van der Waals surface area contributed by atoms with E-state index >= 15 is 0 Å². The lowest BCUT2D eigenvalue weighted by Crippen LogP contribution is -2.33. The summed E-state index contributed by atoms with van der Waals surface area (Å²) in [5, 5.41) is 12.3. The molecular formula is C24H26N2O7. The van der Waals surface area contributed by atoms with Crippen molar-refractivity contribution in [2.24, 2.45) is 0 Å². The Morgan fingerprint density at radius 2 is 1.97 bits per heavy atom. The molecule has 4 atom stereocenters. The van der Waals surface area contributed by atoms with Crippen LogP contribution in [0.3, 0.4) is 0 Å². The Hall–Kier alpha value is -3.43. The quantitative estimate of drug-likeness (QED) is 0.547. The smallest absolute Gasteiger partial charge is 0.330 e. The molecule has 4 rings (SSSR count). The summed E-state index contributed by atoms with van der Waals surface area (Å²) >= 11 is 0. The first-order valence-electron chi connectivity index (χ1n) is 10.7. The Balaban J connectivity index is 1.40. The van der Waals surface area contributed by atoms with Crippen molar-refractivity contribution >= 4 is 16.7 Å². The molecule has 0 bridgehead atoms. The number of hydrogen-bond acceptors (Lipinski definition) is 7. The number of carbonyl (C=O) groups is 1. The first-order valence-corrected chi connectivity index (χ1v) is 10.7. The Labute approximate surface area is 189 Å². The number of aromatic amines is 1. The Bertz CT molecular complexity index is 1300. The average molecular weight is 454 g/mol. The van der Waals surface area contributed by atoms with Crippen molar-refractivity contribution in [3.8, 4) is 5.75 Å². The van der Waals surface area contributed by atoms with Crippen LogP contribution < -0.4 is 16.0 Å². The third-order valence-corrected chi connectivity index (χ3v) is 5.98. The fourth-order valence-corrected chi connectivity index (χ4v) is 3.90. The van der Waals surface area contributed by atoms with Crippen molar-refractivity contribution in [2.45, 2.75) is 44.6 Å². The topological polar surface area (TPSA) is 120 Å². The molecule has 0 aliphatic carbocycles. The van der Waals surface area contributed by atoms with E-state index in [-0.39, 0.29) is 13.0 Å². The molecule has 0 unspecified atom stereocenters. The Morgan fingerprint density at radius 1 is 1.24 bits per heavy atom. The number of ether oxygens (including phenoxy) is 3. The van der Waals surface area contributed by atoms with Crippen LogP contribution in [0.4, 0.5) is 0 Å². The molecule has 1 aromatic heterocycles. The molecule has 33 heavy (non-hydrogen) atoms. The summed E-state index contributed by atoms with van der Waals surface area (Å²) in [5.74, 6) is -0.204. The lowest BCUT2D eigenvalue weighted by Gasteiger charge is -2.18. The van der Waals surface area contributed by atoms with Gasteiger partial charge in [0.2, 0.25) is 0 Å². The van der Waals surface area contributed by atoms with Crippen LogP contribution in [0.1, 0.15) is 36.6 Å². The van der Waals surface area contributed by atoms with Gasteiger partial charge in [-0.1, -0.05) is 24.3 Å². The number of aromatic nitrogens is 2. The highest BCUT2D eigenvalue weighted by atomic mass is 16.6. The molecule has 0 radical (unpaired) electrons. The van der Waals surface area contributed by atoms with Gasteiger partial charge in [-0.15, -0.1) is 0 Å². The SMILES string of the molecule is COc1ccc2cc([C@H](C)C(=O)OC[C@H]3O[C@@H](n4cc(C)c(=O)[nH]c4=O)C[C@@H]3O)ccc2c1. The van der Waals surface area contributed by atoms with E-state index in [4.69, 9.17) is 14.2 Å². The monoisotopic (exact) mass is 454 g/mol. The molecule has 174 valence electrons. The van der Waals surface area contributed by atoms with Gasteiger partial charge < -0.3 is 19.3 Å². The van der Waals surface area contributed by atoms with Crippen molar-refractivity contribution in [1.82, 2.24) is 9.55 Å². The van der Waals surface area contributed by atoms with Crippen LogP contribution in [-0.2, 0) is 14.3 Å². The zero-order valence-corrected chi connectivity index (χ0v) is 18.6. The molecule has 1 saturated heterocycles. The predicted molar refractivity (Wildman–Crippen MR) is 120 cm³/mol. The number of rotatable bonds is 6. The minimum Gasteiger partial charge on any atom is -0.497 e. The molecule has 9 nitrogen and oxygen atoms in total. The maximum Gasteiger partial charge on any atom is 0.330 e. The van der Waals surface area contributed by atoms with E-state index < -0.39 is 41.6 Å². The normalized spacial score (nSPS) is 21.2.